The van der Waals surface area contributed by atoms with Crippen LogP contribution in [0.15, 0.2) is 24.3 Å². The van der Waals surface area contributed by atoms with E-state index in [0.29, 0.717) is 12.3 Å². The van der Waals surface area contributed by atoms with Crippen LogP contribution in [0.4, 0.5) is 0 Å². The van der Waals surface area contributed by atoms with Gasteiger partial charge in [0.25, 0.3) is 0 Å². The maximum absolute atomic E-state index is 12.2. The van der Waals surface area contributed by atoms with Crippen molar-refractivity contribution in [3.8, 4) is 5.75 Å². The highest BCUT2D eigenvalue weighted by Crippen LogP contribution is 2.19. The Bertz CT molecular complexity index is 438. The van der Waals surface area contributed by atoms with E-state index >= 15 is 0 Å². The second-order valence-electron chi connectivity index (χ2n) is 5.68. The van der Waals surface area contributed by atoms with Crippen molar-refractivity contribution in [1.29, 1.82) is 0 Å². The average molecular weight is 291 g/mol. The number of nitrogens with zero attached hydrogens (tertiary/aromatic N) is 1. The average Bonchev–Trinajstić information content (AvgIpc) is 2.54. The molecule has 0 aliphatic carbocycles. The number of hydrogen-bond donors (Lipinski definition) is 0. The standard InChI is InChI=1S/C17H25NO3/c1-18(10-7-14-8-11-21-12-9-14)17(19)13-15-3-5-16(20-2)6-4-15/h3-6,14H,7-13H2,1-2H3. The first-order valence-electron chi connectivity index (χ1n) is 7.63. The van der Waals surface area contributed by atoms with Gasteiger partial charge < -0.3 is 14.4 Å². The third kappa shape index (κ3) is 5.05. The molecule has 0 radical (unpaired) electrons. The molecule has 4 nitrogen and oxygen atoms in total. The molecule has 0 spiro atoms. The van der Waals surface area contributed by atoms with E-state index in [2.05, 4.69) is 0 Å². The van der Waals surface area contributed by atoms with Crippen LogP contribution < -0.4 is 4.74 Å². The number of carbonyl (C=O) groups excluding carboxylic acids is 1. The molecule has 0 bridgehead atoms. The highest BCUT2D eigenvalue weighted by atomic mass is 16.5. The van der Waals surface area contributed by atoms with Gasteiger partial charge in [0.05, 0.1) is 13.5 Å². The van der Waals surface area contributed by atoms with Gasteiger partial charge in [-0.05, 0) is 42.9 Å². The Hall–Kier alpha value is -1.55. The lowest BCUT2D eigenvalue weighted by molar-refractivity contribution is -0.129. The summed E-state index contributed by atoms with van der Waals surface area (Å²) in [6.07, 6.45) is 3.78. The molecule has 1 aromatic carbocycles. The first kappa shape index (κ1) is 15.8. The fraction of sp³-hybridized carbons (Fsp3) is 0.588. The number of rotatable bonds is 6. The van der Waals surface area contributed by atoms with Gasteiger partial charge >= 0.3 is 0 Å². The van der Waals surface area contributed by atoms with Crippen LogP contribution in [0.5, 0.6) is 5.75 Å². The zero-order valence-corrected chi connectivity index (χ0v) is 13.0. The number of ether oxygens (including phenoxy) is 2. The first-order chi connectivity index (χ1) is 10.2. The van der Waals surface area contributed by atoms with Gasteiger partial charge in [0, 0.05) is 26.8 Å². The SMILES string of the molecule is COc1ccc(CC(=O)N(C)CCC2CCOCC2)cc1. The van der Waals surface area contributed by atoms with Crippen LogP contribution in [-0.4, -0.2) is 44.7 Å². The molecular formula is C17H25NO3. The topological polar surface area (TPSA) is 38.8 Å². The molecular weight excluding hydrogens is 266 g/mol. The predicted octanol–water partition coefficient (Wildman–Crippen LogP) is 2.51. The van der Waals surface area contributed by atoms with E-state index in [1.165, 1.54) is 0 Å². The van der Waals surface area contributed by atoms with E-state index in [9.17, 15) is 4.79 Å². The fourth-order valence-electron chi connectivity index (χ4n) is 2.59. The monoisotopic (exact) mass is 291 g/mol. The Kier molecular flexibility index (Phi) is 6.05. The Morgan fingerprint density at radius 2 is 1.95 bits per heavy atom. The van der Waals surface area contributed by atoms with Crippen molar-refractivity contribution in [2.24, 2.45) is 5.92 Å². The van der Waals surface area contributed by atoms with Crippen molar-refractivity contribution in [2.75, 3.05) is 33.9 Å². The lowest BCUT2D eigenvalue weighted by Gasteiger charge is -2.25. The van der Waals surface area contributed by atoms with Crippen LogP contribution in [0.25, 0.3) is 0 Å². The minimum atomic E-state index is 0.173. The van der Waals surface area contributed by atoms with Crippen molar-refractivity contribution >= 4 is 5.91 Å². The molecule has 1 aliphatic heterocycles. The first-order valence-corrected chi connectivity index (χ1v) is 7.63. The second kappa shape index (κ2) is 8.03. The lowest BCUT2D eigenvalue weighted by Crippen LogP contribution is -2.31. The number of carbonyl (C=O) groups is 1. The maximum Gasteiger partial charge on any atom is 0.226 e. The van der Waals surface area contributed by atoms with Gasteiger partial charge in [0.2, 0.25) is 5.91 Å². The molecule has 0 N–H and O–H groups in total. The number of methoxy groups -OCH3 is 1. The predicted molar refractivity (Wildman–Crippen MR) is 82.5 cm³/mol. The Labute approximate surface area is 127 Å². The molecule has 1 amide bonds. The fourth-order valence-corrected chi connectivity index (χ4v) is 2.59. The quantitative estimate of drug-likeness (QED) is 0.808. The molecule has 2 rings (SSSR count). The van der Waals surface area contributed by atoms with Gasteiger partial charge in [-0.1, -0.05) is 12.1 Å². The molecule has 0 saturated carbocycles. The van der Waals surface area contributed by atoms with E-state index in [0.717, 1.165) is 50.3 Å². The van der Waals surface area contributed by atoms with Crippen LogP contribution in [0.3, 0.4) is 0 Å². The molecule has 0 unspecified atom stereocenters. The molecule has 1 saturated heterocycles. The number of amides is 1. The van der Waals surface area contributed by atoms with Gasteiger partial charge in [0.15, 0.2) is 0 Å². The van der Waals surface area contributed by atoms with Crippen molar-refractivity contribution in [3.05, 3.63) is 29.8 Å². The molecule has 1 fully saturated rings. The summed E-state index contributed by atoms with van der Waals surface area (Å²) in [7, 11) is 3.54. The molecule has 0 aromatic heterocycles. The normalized spacial score (nSPS) is 15.7. The van der Waals surface area contributed by atoms with E-state index in [-0.39, 0.29) is 5.91 Å². The van der Waals surface area contributed by atoms with Gasteiger partial charge in [-0.15, -0.1) is 0 Å². The molecule has 116 valence electrons. The highest BCUT2D eigenvalue weighted by Gasteiger charge is 2.16. The summed E-state index contributed by atoms with van der Waals surface area (Å²) in [5.74, 6) is 1.70. The summed E-state index contributed by atoms with van der Waals surface area (Å²) in [5, 5.41) is 0. The molecule has 1 aliphatic rings. The van der Waals surface area contributed by atoms with Crippen LogP contribution in [0.2, 0.25) is 0 Å². The van der Waals surface area contributed by atoms with E-state index in [1.54, 1.807) is 7.11 Å². The third-order valence-electron chi connectivity index (χ3n) is 4.15. The molecule has 4 heteroatoms. The largest absolute Gasteiger partial charge is 0.497 e. The summed E-state index contributed by atoms with van der Waals surface area (Å²) in [4.78, 5) is 14.1. The second-order valence-corrected chi connectivity index (χ2v) is 5.68. The molecule has 21 heavy (non-hydrogen) atoms. The minimum absolute atomic E-state index is 0.173. The number of benzene rings is 1. The maximum atomic E-state index is 12.2. The van der Waals surface area contributed by atoms with Gasteiger partial charge in [-0.2, -0.15) is 0 Å². The van der Waals surface area contributed by atoms with Gasteiger partial charge in [-0.25, -0.2) is 0 Å². The van der Waals surface area contributed by atoms with Gasteiger partial charge in [0.1, 0.15) is 5.75 Å². The van der Waals surface area contributed by atoms with Crippen molar-refractivity contribution in [3.63, 3.8) is 0 Å². The smallest absolute Gasteiger partial charge is 0.226 e. The summed E-state index contributed by atoms with van der Waals surface area (Å²) in [6, 6.07) is 7.68. The number of hydrogen-bond acceptors (Lipinski definition) is 3. The summed E-state index contributed by atoms with van der Waals surface area (Å²) in [6.45, 7) is 2.57. The Morgan fingerprint density at radius 1 is 1.29 bits per heavy atom. The zero-order valence-electron chi connectivity index (χ0n) is 13.0. The van der Waals surface area contributed by atoms with Gasteiger partial charge in [-0.3, -0.25) is 4.79 Å². The van der Waals surface area contributed by atoms with Crippen LogP contribution >= 0.6 is 0 Å². The zero-order chi connectivity index (χ0) is 15.1. The summed E-state index contributed by atoms with van der Waals surface area (Å²) in [5.41, 5.74) is 1.03. The summed E-state index contributed by atoms with van der Waals surface area (Å²) < 4.78 is 10.5. The lowest BCUT2D eigenvalue weighted by atomic mass is 9.96. The molecule has 1 heterocycles. The van der Waals surface area contributed by atoms with Crippen molar-refractivity contribution in [1.82, 2.24) is 4.90 Å². The van der Waals surface area contributed by atoms with E-state index in [1.807, 2.05) is 36.2 Å². The van der Waals surface area contributed by atoms with Crippen LogP contribution in [-0.2, 0) is 16.0 Å². The Morgan fingerprint density at radius 3 is 2.57 bits per heavy atom. The van der Waals surface area contributed by atoms with E-state index < -0.39 is 0 Å². The van der Waals surface area contributed by atoms with Crippen LogP contribution in [0, 0.1) is 5.92 Å². The Balaban J connectivity index is 1.75. The van der Waals surface area contributed by atoms with Crippen LogP contribution in [0.1, 0.15) is 24.8 Å². The highest BCUT2D eigenvalue weighted by molar-refractivity contribution is 5.78. The third-order valence-corrected chi connectivity index (χ3v) is 4.15. The number of likely N-dealkylation sites (N-methyl/N-ethyl adjacent to an activating group) is 1. The van der Waals surface area contributed by atoms with E-state index in [4.69, 9.17) is 9.47 Å². The van der Waals surface area contributed by atoms with Crippen molar-refractivity contribution < 1.29 is 14.3 Å². The molecule has 1 aromatic rings. The van der Waals surface area contributed by atoms with Crippen molar-refractivity contribution in [2.45, 2.75) is 25.7 Å². The minimum Gasteiger partial charge on any atom is -0.497 e. The molecule has 0 atom stereocenters. The summed E-state index contributed by atoms with van der Waals surface area (Å²) >= 11 is 0.